The maximum Gasteiger partial charge on any atom is 0.206 e. The van der Waals surface area contributed by atoms with Crippen LogP contribution in [0, 0.1) is 29.1 Å². The molecule has 0 saturated carbocycles. The van der Waals surface area contributed by atoms with Crippen molar-refractivity contribution in [2.45, 2.75) is 25.7 Å². The second-order valence-electron chi connectivity index (χ2n) is 3.85. The number of hydrogen-bond acceptors (Lipinski definition) is 1. The molecule has 0 aliphatic rings. The Hall–Kier alpha value is -0.850. The van der Waals surface area contributed by atoms with Gasteiger partial charge in [-0.25, -0.2) is 13.2 Å². The van der Waals surface area contributed by atoms with Crippen molar-refractivity contribution in [3.05, 3.63) is 29.1 Å². The minimum absolute atomic E-state index is 0.0966. The van der Waals surface area contributed by atoms with Gasteiger partial charge in [-0.1, -0.05) is 28.8 Å². The molecule has 0 radical (unpaired) electrons. The zero-order valence-electron chi connectivity index (χ0n) is 9.92. The standard InChI is InChI=1S/C12H12BrF5O/c13-5-3-1-2-4-6-19-12-10(17)8(15)7(14)9(16)11(12)18/h1-6H2. The van der Waals surface area contributed by atoms with Crippen molar-refractivity contribution in [2.24, 2.45) is 0 Å². The van der Waals surface area contributed by atoms with E-state index >= 15 is 0 Å². The van der Waals surface area contributed by atoms with E-state index in [1.54, 1.807) is 0 Å². The predicted octanol–water partition coefficient (Wildman–Crippen LogP) is 4.72. The van der Waals surface area contributed by atoms with Gasteiger partial charge < -0.3 is 4.74 Å². The Labute approximate surface area is 115 Å². The Balaban J connectivity index is 2.64. The molecule has 0 unspecified atom stereocenters. The Kier molecular flexibility index (Phi) is 6.54. The van der Waals surface area contributed by atoms with Gasteiger partial charge in [-0.2, -0.15) is 8.78 Å². The van der Waals surface area contributed by atoms with Crippen LogP contribution in [0.2, 0.25) is 0 Å². The third-order valence-corrected chi connectivity index (χ3v) is 3.00. The van der Waals surface area contributed by atoms with Crippen LogP contribution in [0.4, 0.5) is 22.0 Å². The first-order chi connectivity index (χ1) is 9.00. The number of ether oxygens (including phenoxy) is 1. The van der Waals surface area contributed by atoms with Gasteiger partial charge in [0.2, 0.25) is 29.1 Å². The molecule has 1 rings (SSSR count). The van der Waals surface area contributed by atoms with Gasteiger partial charge in [0.15, 0.2) is 5.75 Å². The lowest BCUT2D eigenvalue weighted by Crippen LogP contribution is -2.08. The number of unbranched alkanes of at least 4 members (excludes halogenated alkanes) is 3. The summed E-state index contributed by atoms with van der Waals surface area (Å²) in [6.45, 7) is -0.0966. The highest BCUT2D eigenvalue weighted by Gasteiger charge is 2.26. The van der Waals surface area contributed by atoms with Gasteiger partial charge in [0.25, 0.3) is 0 Å². The Morgan fingerprint density at radius 1 is 0.684 bits per heavy atom. The van der Waals surface area contributed by atoms with Crippen molar-refractivity contribution < 1.29 is 26.7 Å². The molecule has 0 atom stereocenters. The topological polar surface area (TPSA) is 9.23 Å². The largest absolute Gasteiger partial charge is 0.487 e. The molecule has 0 aromatic heterocycles. The Bertz CT molecular complexity index is 410. The average molecular weight is 347 g/mol. The summed E-state index contributed by atoms with van der Waals surface area (Å²) >= 11 is 3.25. The summed E-state index contributed by atoms with van der Waals surface area (Å²) < 4.78 is 69.4. The summed E-state index contributed by atoms with van der Waals surface area (Å²) in [7, 11) is 0. The minimum Gasteiger partial charge on any atom is -0.487 e. The summed E-state index contributed by atoms with van der Waals surface area (Å²) in [5, 5.41) is 0.853. The van der Waals surface area contributed by atoms with Crippen LogP contribution in [0.25, 0.3) is 0 Å². The van der Waals surface area contributed by atoms with Gasteiger partial charge >= 0.3 is 0 Å². The van der Waals surface area contributed by atoms with Crippen LogP contribution < -0.4 is 4.74 Å². The summed E-state index contributed by atoms with van der Waals surface area (Å²) in [5.74, 6) is -11.2. The predicted molar refractivity (Wildman–Crippen MR) is 64.0 cm³/mol. The molecule has 0 bridgehead atoms. The van der Waals surface area contributed by atoms with Crippen LogP contribution in [0.3, 0.4) is 0 Å². The molecule has 0 spiro atoms. The van der Waals surface area contributed by atoms with E-state index in [0.29, 0.717) is 6.42 Å². The number of alkyl halides is 1. The van der Waals surface area contributed by atoms with Crippen LogP contribution in [-0.2, 0) is 0 Å². The van der Waals surface area contributed by atoms with Gasteiger partial charge in [0, 0.05) is 5.33 Å². The van der Waals surface area contributed by atoms with Crippen molar-refractivity contribution in [1.29, 1.82) is 0 Å². The fourth-order valence-corrected chi connectivity index (χ4v) is 1.83. The lowest BCUT2D eigenvalue weighted by Gasteiger charge is -2.10. The lowest BCUT2D eigenvalue weighted by molar-refractivity contribution is 0.255. The van der Waals surface area contributed by atoms with Gasteiger partial charge in [-0.15, -0.1) is 0 Å². The van der Waals surface area contributed by atoms with E-state index in [2.05, 4.69) is 20.7 Å². The molecule has 0 saturated heterocycles. The van der Waals surface area contributed by atoms with E-state index in [0.717, 1.165) is 24.6 Å². The fourth-order valence-electron chi connectivity index (χ4n) is 1.44. The van der Waals surface area contributed by atoms with Crippen molar-refractivity contribution in [1.82, 2.24) is 0 Å². The van der Waals surface area contributed by atoms with E-state index in [1.807, 2.05) is 0 Å². The number of hydrogen-bond donors (Lipinski definition) is 0. The molecular weight excluding hydrogens is 335 g/mol. The van der Waals surface area contributed by atoms with Crippen LogP contribution in [0.5, 0.6) is 5.75 Å². The molecule has 108 valence electrons. The molecule has 0 aliphatic heterocycles. The Morgan fingerprint density at radius 3 is 1.68 bits per heavy atom. The maximum absolute atomic E-state index is 13.2. The molecule has 19 heavy (non-hydrogen) atoms. The number of rotatable bonds is 7. The summed E-state index contributed by atoms with van der Waals surface area (Å²) in [5.41, 5.74) is 0. The molecule has 7 heteroatoms. The zero-order chi connectivity index (χ0) is 14.4. The van der Waals surface area contributed by atoms with E-state index in [1.165, 1.54) is 0 Å². The first kappa shape index (κ1) is 16.2. The van der Waals surface area contributed by atoms with Gasteiger partial charge in [-0.05, 0) is 12.8 Å². The van der Waals surface area contributed by atoms with E-state index in [-0.39, 0.29) is 6.61 Å². The second-order valence-corrected chi connectivity index (χ2v) is 4.64. The van der Waals surface area contributed by atoms with Crippen LogP contribution in [0.1, 0.15) is 25.7 Å². The first-order valence-electron chi connectivity index (χ1n) is 5.70. The third-order valence-electron chi connectivity index (χ3n) is 2.44. The molecule has 0 fully saturated rings. The molecular formula is C12H12BrF5O. The highest BCUT2D eigenvalue weighted by Crippen LogP contribution is 2.29. The van der Waals surface area contributed by atoms with Crippen molar-refractivity contribution in [3.63, 3.8) is 0 Å². The molecule has 0 aliphatic carbocycles. The summed E-state index contributed by atoms with van der Waals surface area (Å²) in [4.78, 5) is 0. The number of benzene rings is 1. The van der Waals surface area contributed by atoms with E-state index < -0.39 is 34.8 Å². The minimum atomic E-state index is -2.18. The van der Waals surface area contributed by atoms with Crippen LogP contribution in [0.15, 0.2) is 0 Å². The lowest BCUT2D eigenvalue weighted by atomic mass is 10.2. The van der Waals surface area contributed by atoms with E-state index in [4.69, 9.17) is 0 Å². The average Bonchev–Trinajstić information content (AvgIpc) is 2.41. The van der Waals surface area contributed by atoms with Crippen LogP contribution >= 0.6 is 15.9 Å². The van der Waals surface area contributed by atoms with Gasteiger partial charge in [0.1, 0.15) is 0 Å². The van der Waals surface area contributed by atoms with Crippen molar-refractivity contribution in [3.8, 4) is 5.75 Å². The SMILES string of the molecule is Fc1c(F)c(F)c(OCCCCCCBr)c(F)c1F. The molecule has 0 N–H and O–H groups in total. The van der Waals surface area contributed by atoms with Crippen LogP contribution in [-0.4, -0.2) is 11.9 Å². The van der Waals surface area contributed by atoms with E-state index in [9.17, 15) is 22.0 Å². The monoisotopic (exact) mass is 346 g/mol. The highest BCUT2D eigenvalue weighted by molar-refractivity contribution is 9.09. The van der Waals surface area contributed by atoms with Crippen molar-refractivity contribution in [2.75, 3.05) is 11.9 Å². The van der Waals surface area contributed by atoms with Gasteiger partial charge in [0.05, 0.1) is 6.61 Å². The fraction of sp³-hybridized carbons (Fsp3) is 0.500. The quantitative estimate of drug-likeness (QED) is 0.228. The molecule has 0 amide bonds. The third kappa shape index (κ3) is 4.06. The summed E-state index contributed by atoms with van der Waals surface area (Å²) in [6, 6.07) is 0. The molecule has 0 heterocycles. The molecule has 1 aromatic carbocycles. The first-order valence-corrected chi connectivity index (χ1v) is 6.83. The Morgan fingerprint density at radius 2 is 1.16 bits per heavy atom. The zero-order valence-corrected chi connectivity index (χ0v) is 11.5. The normalized spacial score (nSPS) is 10.8. The van der Waals surface area contributed by atoms with Crippen molar-refractivity contribution >= 4 is 15.9 Å². The summed E-state index contributed by atoms with van der Waals surface area (Å²) in [6.07, 6.45) is 3.07. The van der Waals surface area contributed by atoms with Gasteiger partial charge in [-0.3, -0.25) is 0 Å². The molecule has 1 nitrogen and oxygen atoms in total. The molecule has 1 aromatic rings. The smallest absolute Gasteiger partial charge is 0.206 e. The number of halogens is 6. The second kappa shape index (κ2) is 7.67. The maximum atomic E-state index is 13.2. The highest BCUT2D eigenvalue weighted by atomic mass is 79.9.